The first-order valence-electron chi connectivity index (χ1n) is 9.63. The highest BCUT2D eigenvalue weighted by atomic mass is 32.2. The van der Waals surface area contributed by atoms with Crippen molar-refractivity contribution in [1.82, 2.24) is 9.97 Å². The number of piperidine rings is 1. The van der Waals surface area contributed by atoms with E-state index in [1.54, 1.807) is 13.0 Å². The first-order chi connectivity index (χ1) is 14.5. The van der Waals surface area contributed by atoms with Gasteiger partial charge >= 0.3 is 0 Å². The van der Waals surface area contributed by atoms with Gasteiger partial charge in [0.15, 0.2) is 5.16 Å². The highest BCUT2D eigenvalue weighted by Gasteiger charge is 2.21. The van der Waals surface area contributed by atoms with Gasteiger partial charge in [0.05, 0.1) is 20.9 Å². The van der Waals surface area contributed by atoms with E-state index in [-0.39, 0.29) is 11.6 Å². The fourth-order valence-electron chi connectivity index (χ4n) is 3.48. The number of nitrogens with zero attached hydrogens (tertiary/aromatic N) is 4. The maximum atomic E-state index is 12.9. The Balaban J connectivity index is 1.68. The predicted molar refractivity (Wildman–Crippen MR) is 121 cm³/mol. The van der Waals surface area contributed by atoms with Gasteiger partial charge in [-0.15, -0.1) is 11.3 Å². The molecule has 1 fully saturated rings. The van der Waals surface area contributed by atoms with Crippen LogP contribution in [0.25, 0.3) is 10.2 Å². The van der Waals surface area contributed by atoms with Crippen molar-refractivity contribution in [3.63, 3.8) is 0 Å². The molecule has 0 unspecified atom stereocenters. The van der Waals surface area contributed by atoms with Crippen molar-refractivity contribution in [3.05, 3.63) is 44.8 Å². The Morgan fingerprint density at radius 3 is 2.70 bits per heavy atom. The van der Waals surface area contributed by atoms with E-state index in [9.17, 15) is 14.9 Å². The van der Waals surface area contributed by atoms with Gasteiger partial charge in [0.2, 0.25) is 0 Å². The lowest BCUT2D eigenvalue weighted by Gasteiger charge is -2.28. The Morgan fingerprint density at radius 1 is 1.23 bits per heavy atom. The summed E-state index contributed by atoms with van der Waals surface area (Å²) in [5.41, 5.74) is 1.13. The molecule has 8 nitrogen and oxygen atoms in total. The monoisotopic (exact) mass is 443 g/mol. The predicted octanol–water partition coefficient (Wildman–Crippen LogP) is 4.87. The average molecular weight is 444 g/mol. The zero-order chi connectivity index (χ0) is 21.3. The third kappa shape index (κ3) is 4.10. The van der Waals surface area contributed by atoms with Crippen molar-refractivity contribution in [2.24, 2.45) is 0 Å². The fraction of sp³-hybridized carbons (Fsp3) is 0.350. The number of carbonyl (C=O) groups is 1. The molecule has 1 saturated heterocycles. The summed E-state index contributed by atoms with van der Waals surface area (Å²) in [6.45, 7) is 3.70. The molecule has 1 aromatic carbocycles. The van der Waals surface area contributed by atoms with Crippen LogP contribution in [0.4, 0.5) is 17.2 Å². The van der Waals surface area contributed by atoms with E-state index >= 15 is 0 Å². The van der Waals surface area contributed by atoms with E-state index in [2.05, 4.69) is 15.2 Å². The third-order valence-corrected chi connectivity index (χ3v) is 6.67. The number of aryl methyl sites for hydroxylation is 1. The molecule has 0 saturated carbocycles. The Morgan fingerprint density at radius 2 is 2.00 bits per heavy atom. The number of anilines is 2. The van der Waals surface area contributed by atoms with E-state index in [1.807, 2.05) is 12.3 Å². The number of non-ortho nitro benzene ring substituents is 1. The van der Waals surface area contributed by atoms with Crippen LogP contribution in [0.3, 0.4) is 0 Å². The molecule has 1 aliphatic heterocycles. The molecule has 0 radical (unpaired) electrons. The second-order valence-electron chi connectivity index (χ2n) is 7.12. The summed E-state index contributed by atoms with van der Waals surface area (Å²) < 4.78 is 0. The summed E-state index contributed by atoms with van der Waals surface area (Å²) >= 11 is 2.79. The number of aromatic nitrogens is 2. The summed E-state index contributed by atoms with van der Waals surface area (Å²) in [5.74, 6) is 0.572. The largest absolute Gasteiger partial charge is 0.356 e. The van der Waals surface area contributed by atoms with Gasteiger partial charge in [-0.2, -0.15) is 0 Å². The van der Waals surface area contributed by atoms with Gasteiger partial charge in [-0.3, -0.25) is 14.9 Å². The highest BCUT2D eigenvalue weighted by Crippen LogP contribution is 2.34. The second-order valence-corrected chi connectivity index (χ2v) is 8.93. The molecule has 1 N–H and O–H groups in total. The number of hydrogen-bond donors (Lipinski definition) is 1. The first-order valence-corrected chi connectivity index (χ1v) is 11.7. The molecule has 0 spiro atoms. The van der Waals surface area contributed by atoms with Crippen LogP contribution >= 0.6 is 23.1 Å². The van der Waals surface area contributed by atoms with Crippen LogP contribution in [-0.2, 0) is 0 Å². The maximum absolute atomic E-state index is 12.9. The number of amides is 1. The number of carbonyl (C=O) groups excluding carboxylic acids is 1. The van der Waals surface area contributed by atoms with Crippen LogP contribution in [0.15, 0.2) is 29.4 Å². The first kappa shape index (κ1) is 20.5. The summed E-state index contributed by atoms with van der Waals surface area (Å²) in [4.78, 5) is 36.4. The topological polar surface area (TPSA) is 101 Å². The molecule has 1 amide bonds. The highest BCUT2D eigenvalue weighted by molar-refractivity contribution is 7.98. The van der Waals surface area contributed by atoms with Crippen molar-refractivity contribution in [2.75, 3.05) is 29.6 Å². The lowest BCUT2D eigenvalue weighted by molar-refractivity contribution is -0.384. The van der Waals surface area contributed by atoms with Crippen LogP contribution in [0, 0.1) is 17.0 Å². The number of fused-ring (bicyclic) bond motifs is 1. The minimum Gasteiger partial charge on any atom is -0.356 e. The lowest BCUT2D eigenvalue weighted by Crippen LogP contribution is -2.30. The molecule has 2 aromatic heterocycles. The fourth-order valence-corrected chi connectivity index (χ4v) is 4.82. The molecule has 30 heavy (non-hydrogen) atoms. The van der Waals surface area contributed by atoms with Crippen molar-refractivity contribution < 1.29 is 9.72 Å². The average Bonchev–Trinajstić information content (AvgIpc) is 3.19. The van der Waals surface area contributed by atoms with Gasteiger partial charge in [0, 0.05) is 25.2 Å². The van der Waals surface area contributed by atoms with Crippen molar-refractivity contribution in [3.8, 4) is 0 Å². The molecule has 0 bridgehead atoms. The number of nitro groups is 1. The number of rotatable bonds is 5. The van der Waals surface area contributed by atoms with Crippen LogP contribution in [0.5, 0.6) is 0 Å². The number of thiophene rings is 1. The Kier molecular flexibility index (Phi) is 5.87. The van der Waals surface area contributed by atoms with E-state index in [0.29, 0.717) is 15.7 Å². The number of benzene rings is 1. The van der Waals surface area contributed by atoms with Gasteiger partial charge in [0.1, 0.15) is 10.6 Å². The number of thioether (sulfide) groups is 1. The van der Waals surface area contributed by atoms with Crippen LogP contribution in [0.2, 0.25) is 0 Å². The molecule has 3 aromatic rings. The van der Waals surface area contributed by atoms with Gasteiger partial charge < -0.3 is 10.2 Å². The summed E-state index contributed by atoms with van der Waals surface area (Å²) in [6, 6.07) is 6.26. The Hall–Kier alpha value is -2.72. The molecular formula is C20H21N5O3S2. The standard InChI is InChI=1S/C20H21N5O3S2/c1-12-6-7-13(25(27)28)10-15(12)21-18(26)16-11-14-17(24-8-4-3-5-9-24)22-20(29-2)23-19(14)30-16/h6-7,10-11H,3-5,8-9H2,1-2H3,(H,21,26). The van der Waals surface area contributed by atoms with Crippen molar-refractivity contribution in [1.29, 1.82) is 0 Å². The van der Waals surface area contributed by atoms with Crippen LogP contribution in [0.1, 0.15) is 34.5 Å². The van der Waals surface area contributed by atoms with E-state index in [0.717, 1.165) is 47.5 Å². The van der Waals surface area contributed by atoms with Gasteiger partial charge in [-0.05, 0) is 44.1 Å². The summed E-state index contributed by atoms with van der Waals surface area (Å²) in [5, 5.41) is 15.4. The third-order valence-electron chi connectivity index (χ3n) is 5.09. The minimum absolute atomic E-state index is 0.0601. The zero-order valence-electron chi connectivity index (χ0n) is 16.7. The van der Waals surface area contributed by atoms with E-state index in [1.165, 1.54) is 41.7 Å². The molecule has 0 atom stereocenters. The number of nitro benzene ring substituents is 1. The van der Waals surface area contributed by atoms with E-state index < -0.39 is 4.92 Å². The van der Waals surface area contributed by atoms with Crippen LogP contribution < -0.4 is 10.2 Å². The molecule has 156 valence electrons. The molecular weight excluding hydrogens is 422 g/mol. The Bertz CT molecular complexity index is 1130. The van der Waals surface area contributed by atoms with Crippen LogP contribution in [-0.4, -0.2) is 40.1 Å². The molecule has 3 heterocycles. The smallest absolute Gasteiger partial charge is 0.271 e. The molecule has 10 heteroatoms. The van der Waals surface area contributed by atoms with Gasteiger partial charge in [-0.1, -0.05) is 17.8 Å². The molecule has 0 aliphatic carbocycles. The SMILES string of the molecule is CSc1nc(N2CCCCC2)c2cc(C(=O)Nc3cc([N+](=O)[O-])ccc3C)sc2n1. The van der Waals surface area contributed by atoms with Crippen molar-refractivity contribution >= 4 is 56.4 Å². The van der Waals surface area contributed by atoms with Crippen molar-refractivity contribution in [2.45, 2.75) is 31.3 Å². The zero-order valence-corrected chi connectivity index (χ0v) is 18.3. The summed E-state index contributed by atoms with van der Waals surface area (Å²) in [7, 11) is 0. The number of nitrogens with one attached hydrogen (secondary N) is 1. The lowest BCUT2D eigenvalue weighted by atomic mass is 10.1. The summed E-state index contributed by atoms with van der Waals surface area (Å²) in [6.07, 6.45) is 5.42. The van der Waals surface area contributed by atoms with Gasteiger partial charge in [0.25, 0.3) is 11.6 Å². The maximum Gasteiger partial charge on any atom is 0.271 e. The number of hydrogen-bond acceptors (Lipinski definition) is 8. The van der Waals surface area contributed by atoms with E-state index in [4.69, 9.17) is 4.98 Å². The normalized spacial score (nSPS) is 14.1. The Labute approximate surface area is 181 Å². The van der Waals surface area contributed by atoms with Gasteiger partial charge in [-0.25, -0.2) is 9.97 Å². The quantitative estimate of drug-likeness (QED) is 0.260. The minimum atomic E-state index is -0.473. The second kappa shape index (κ2) is 8.57. The molecule has 1 aliphatic rings. The molecule has 4 rings (SSSR count).